The van der Waals surface area contributed by atoms with Crippen molar-refractivity contribution in [2.24, 2.45) is 0 Å². The standard InChI is InChI=1S/C18H22N2O3S2/c1-14-6-4-7-15(12-14)19-17(21)13-16-8-2-3-10-20(16)25(22,23)18-9-5-11-24-18/h4-7,9,11-12,16H,2-3,8,10,13H2,1H3,(H,19,21)/t16-/m0/s1. The summed E-state index contributed by atoms with van der Waals surface area (Å²) in [6.45, 7) is 2.44. The smallest absolute Gasteiger partial charge is 0.252 e. The Labute approximate surface area is 152 Å². The molecule has 1 saturated heterocycles. The lowest BCUT2D eigenvalue weighted by atomic mass is 10.0. The van der Waals surface area contributed by atoms with Crippen molar-refractivity contribution in [2.75, 3.05) is 11.9 Å². The topological polar surface area (TPSA) is 66.5 Å². The first kappa shape index (κ1) is 18.1. The number of sulfonamides is 1. The van der Waals surface area contributed by atoms with E-state index in [9.17, 15) is 13.2 Å². The lowest BCUT2D eigenvalue weighted by Crippen LogP contribution is -2.45. The van der Waals surface area contributed by atoms with Crippen LogP contribution >= 0.6 is 11.3 Å². The van der Waals surface area contributed by atoms with E-state index in [2.05, 4.69) is 5.32 Å². The molecule has 5 nitrogen and oxygen atoms in total. The van der Waals surface area contributed by atoms with Crippen molar-refractivity contribution in [3.63, 3.8) is 0 Å². The number of rotatable bonds is 5. The summed E-state index contributed by atoms with van der Waals surface area (Å²) in [5.41, 5.74) is 1.81. The average molecular weight is 379 g/mol. The zero-order valence-corrected chi connectivity index (χ0v) is 15.8. The Morgan fingerprint density at radius 2 is 2.12 bits per heavy atom. The molecule has 25 heavy (non-hydrogen) atoms. The van der Waals surface area contributed by atoms with Crippen molar-refractivity contribution in [1.29, 1.82) is 0 Å². The number of amides is 1. The van der Waals surface area contributed by atoms with Crippen LogP contribution in [0.4, 0.5) is 5.69 Å². The zero-order chi connectivity index (χ0) is 17.9. The van der Waals surface area contributed by atoms with Gasteiger partial charge in [0, 0.05) is 24.7 Å². The molecule has 1 aliphatic heterocycles. The number of hydrogen-bond donors (Lipinski definition) is 1. The highest BCUT2D eigenvalue weighted by Gasteiger charge is 2.35. The van der Waals surface area contributed by atoms with Crippen LogP contribution in [-0.2, 0) is 14.8 Å². The number of thiophene rings is 1. The third kappa shape index (κ3) is 4.29. The van der Waals surface area contributed by atoms with Gasteiger partial charge in [0.05, 0.1) is 0 Å². The number of anilines is 1. The lowest BCUT2D eigenvalue weighted by Gasteiger charge is -2.34. The first-order valence-electron chi connectivity index (χ1n) is 8.39. The molecule has 1 fully saturated rings. The molecule has 3 rings (SSSR count). The van der Waals surface area contributed by atoms with Crippen molar-refractivity contribution in [1.82, 2.24) is 4.31 Å². The number of carbonyl (C=O) groups is 1. The van der Waals surface area contributed by atoms with E-state index in [4.69, 9.17) is 0 Å². The zero-order valence-electron chi connectivity index (χ0n) is 14.1. The van der Waals surface area contributed by atoms with Crippen LogP contribution in [-0.4, -0.2) is 31.2 Å². The molecule has 1 aliphatic rings. The Balaban J connectivity index is 1.72. The van der Waals surface area contributed by atoms with Crippen molar-refractivity contribution >= 4 is 33.0 Å². The molecule has 0 spiro atoms. The molecule has 1 amide bonds. The number of aryl methyl sites for hydroxylation is 1. The van der Waals surface area contributed by atoms with Crippen molar-refractivity contribution in [3.8, 4) is 0 Å². The largest absolute Gasteiger partial charge is 0.326 e. The highest BCUT2D eigenvalue weighted by Crippen LogP contribution is 2.29. The Morgan fingerprint density at radius 3 is 2.84 bits per heavy atom. The fourth-order valence-electron chi connectivity index (χ4n) is 3.17. The summed E-state index contributed by atoms with van der Waals surface area (Å²) in [5.74, 6) is -0.149. The molecule has 2 aromatic rings. The predicted molar refractivity (Wildman–Crippen MR) is 100 cm³/mol. The van der Waals surface area contributed by atoms with Crippen molar-refractivity contribution in [3.05, 3.63) is 47.3 Å². The van der Waals surface area contributed by atoms with E-state index in [1.54, 1.807) is 17.5 Å². The Hall–Kier alpha value is -1.70. The fraction of sp³-hybridized carbons (Fsp3) is 0.389. The van der Waals surface area contributed by atoms with Crippen molar-refractivity contribution in [2.45, 2.75) is 42.9 Å². The second kappa shape index (κ2) is 7.68. The summed E-state index contributed by atoms with van der Waals surface area (Å²) in [6, 6.07) is 10.7. The number of nitrogens with one attached hydrogen (secondary N) is 1. The van der Waals surface area contributed by atoms with Crippen molar-refractivity contribution < 1.29 is 13.2 Å². The van der Waals surface area contributed by atoms with Gasteiger partial charge in [0.1, 0.15) is 4.21 Å². The summed E-state index contributed by atoms with van der Waals surface area (Å²) in [6.07, 6.45) is 2.67. The third-order valence-electron chi connectivity index (χ3n) is 4.35. The van der Waals surface area contributed by atoms with Crippen LogP contribution in [0.3, 0.4) is 0 Å². The maximum atomic E-state index is 12.8. The van der Waals surface area contributed by atoms with E-state index in [1.165, 1.54) is 15.6 Å². The van der Waals surface area contributed by atoms with Crippen LogP contribution in [0.2, 0.25) is 0 Å². The number of piperidine rings is 1. The van der Waals surface area contributed by atoms with Gasteiger partial charge < -0.3 is 5.32 Å². The van der Waals surface area contributed by atoms with Gasteiger partial charge in [-0.1, -0.05) is 24.6 Å². The SMILES string of the molecule is Cc1cccc(NC(=O)C[C@@H]2CCCCN2S(=O)(=O)c2cccs2)c1. The summed E-state index contributed by atoms with van der Waals surface area (Å²) < 4.78 is 27.6. The number of hydrogen-bond acceptors (Lipinski definition) is 4. The number of benzene rings is 1. The van der Waals surface area contributed by atoms with Crippen LogP contribution in [0.25, 0.3) is 0 Å². The molecule has 0 unspecified atom stereocenters. The van der Waals surface area contributed by atoms with Gasteiger partial charge in [-0.3, -0.25) is 4.79 Å². The third-order valence-corrected chi connectivity index (χ3v) is 7.68. The van der Waals surface area contributed by atoms with Crippen LogP contribution < -0.4 is 5.32 Å². The maximum absolute atomic E-state index is 12.8. The van der Waals surface area contributed by atoms with Gasteiger partial charge in [-0.25, -0.2) is 8.42 Å². The summed E-state index contributed by atoms with van der Waals surface area (Å²) in [7, 11) is -3.52. The van der Waals surface area contributed by atoms with Gasteiger partial charge in [0.15, 0.2) is 0 Å². The van der Waals surface area contributed by atoms with Crippen LogP contribution in [0.1, 0.15) is 31.2 Å². The van der Waals surface area contributed by atoms with Crippen LogP contribution in [0.5, 0.6) is 0 Å². The van der Waals surface area contributed by atoms with Crippen LogP contribution in [0.15, 0.2) is 46.0 Å². The molecular weight excluding hydrogens is 356 g/mol. The molecule has 0 radical (unpaired) electrons. The van der Waals surface area contributed by atoms with Crippen LogP contribution in [0, 0.1) is 6.92 Å². The molecule has 1 aromatic heterocycles. The van der Waals surface area contributed by atoms with E-state index in [1.807, 2.05) is 31.2 Å². The molecule has 0 saturated carbocycles. The number of carbonyl (C=O) groups excluding carboxylic acids is 1. The van der Waals surface area contributed by atoms with E-state index in [0.29, 0.717) is 17.2 Å². The predicted octanol–water partition coefficient (Wildman–Crippen LogP) is 3.63. The maximum Gasteiger partial charge on any atom is 0.252 e. The second-order valence-corrected chi connectivity index (χ2v) is 9.38. The minimum Gasteiger partial charge on any atom is -0.326 e. The quantitative estimate of drug-likeness (QED) is 0.864. The molecule has 0 aliphatic carbocycles. The van der Waals surface area contributed by atoms with E-state index >= 15 is 0 Å². The number of nitrogens with zero attached hydrogens (tertiary/aromatic N) is 1. The molecule has 134 valence electrons. The Bertz CT molecular complexity index is 832. The molecule has 1 N–H and O–H groups in total. The minimum atomic E-state index is -3.52. The second-order valence-electron chi connectivity index (χ2n) is 6.32. The minimum absolute atomic E-state index is 0.149. The molecule has 7 heteroatoms. The Kier molecular flexibility index (Phi) is 5.56. The molecule has 1 atom stereocenters. The first-order valence-corrected chi connectivity index (χ1v) is 10.7. The van der Waals surface area contributed by atoms with E-state index < -0.39 is 10.0 Å². The molecule has 0 bridgehead atoms. The lowest BCUT2D eigenvalue weighted by molar-refractivity contribution is -0.117. The monoisotopic (exact) mass is 378 g/mol. The normalized spacial score (nSPS) is 18.8. The molecule has 2 heterocycles. The summed E-state index contributed by atoms with van der Waals surface area (Å²) >= 11 is 1.22. The highest BCUT2D eigenvalue weighted by molar-refractivity contribution is 7.91. The van der Waals surface area contributed by atoms with Gasteiger partial charge in [0.25, 0.3) is 10.0 Å². The average Bonchev–Trinajstić information content (AvgIpc) is 3.10. The van der Waals surface area contributed by atoms with E-state index in [-0.39, 0.29) is 18.4 Å². The summed E-state index contributed by atoms with van der Waals surface area (Å²) in [4.78, 5) is 12.4. The van der Waals surface area contributed by atoms with E-state index in [0.717, 1.165) is 24.1 Å². The van der Waals surface area contributed by atoms with Gasteiger partial charge in [0.2, 0.25) is 5.91 Å². The van der Waals surface area contributed by atoms with Gasteiger partial charge in [-0.15, -0.1) is 11.3 Å². The highest BCUT2D eigenvalue weighted by atomic mass is 32.2. The fourth-order valence-corrected chi connectivity index (χ4v) is 5.98. The van der Waals surface area contributed by atoms with Gasteiger partial charge in [-0.05, 0) is 48.9 Å². The Morgan fingerprint density at radius 1 is 1.28 bits per heavy atom. The molecule has 1 aromatic carbocycles. The van der Waals surface area contributed by atoms with Gasteiger partial charge in [-0.2, -0.15) is 4.31 Å². The first-order chi connectivity index (χ1) is 12.0. The summed E-state index contributed by atoms with van der Waals surface area (Å²) in [5, 5.41) is 4.64. The molecular formula is C18H22N2O3S2. The van der Waals surface area contributed by atoms with Gasteiger partial charge >= 0.3 is 0 Å².